The van der Waals surface area contributed by atoms with Crippen LogP contribution in [0.2, 0.25) is 0 Å². The average molecular weight is 321 g/mol. The fraction of sp³-hybridized carbons (Fsp3) is 0.333. The van der Waals surface area contributed by atoms with Crippen LogP contribution in [0.25, 0.3) is 5.69 Å². The van der Waals surface area contributed by atoms with Gasteiger partial charge in [-0.15, -0.1) is 0 Å². The number of para-hydroxylation sites is 1. The molecule has 0 spiro atoms. The summed E-state index contributed by atoms with van der Waals surface area (Å²) in [6.45, 7) is 4.20. The molecule has 3 N–H and O–H groups in total. The van der Waals surface area contributed by atoms with Crippen LogP contribution >= 0.6 is 23.6 Å². The van der Waals surface area contributed by atoms with Gasteiger partial charge in [0.15, 0.2) is 3.95 Å². The summed E-state index contributed by atoms with van der Waals surface area (Å²) in [5, 5.41) is 2.60. The number of anilines is 1. The van der Waals surface area contributed by atoms with E-state index in [4.69, 9.17) is 18.0 Å². The molecule has 0 aliphatic rings. The SMILES string of the molecule is CCc1cccc(CC)c1-n1c(N)c(C(=O)NC)sc1=S. The molecule has 1 amide bonds. The van der Waals surface area contributed by atoms with Crippen molar-refractivity contribution in [2.75, 3.05) is 12.8 Å². The van der Waals surface area contributed by atoms with E-state index in [0.717, 1.165) is 18.5 Å². The van der Waals surface area contributed by atoms with Gasteiger partial charge in [-0.25, -0.2) is 0 Å². The molecule has 0 atom stereocenters. The van der Waals surface area contributed by atoms with E-state index in [1.165, 1.54) is 22.5 Å². The fourth-order valence-electron chi connectivity index (χ4n) is 2.38. The maximum Gasteiger partial charge on any atom is 0.264 e. The number of rotatable bonds is 4. The monoisotopic (exact) mass is 321 g/mol. The van der Waals surface area contributed by atoms with Crippen LogP contribution in [0.1, 0.15) is 34.6 Å². The Hall–Kier alpha value is -1.66. The number of amides is 1. The van der Waals surface area contributed by atoms with Crippen molar-refractivity contribution in [1.29, 1.82) is 0 Å². The number of carbonyl (C=O) groups is 1. The molecule has 0 aliphatic heterocycles. The number of hydrogen-bond donors (Lipinski definition) is 2. The summed E-state index contributed by atoms with van der Waals surface area (Å²) in [6.07, 6.45) is 1.77. The minimum absolute atomic E-state index is 0.200. The molecule has 0 radical (unpaired) electrons. The zero-order valence-corrected chi connectivity index (χ0v) is 14.0. The predicted octanol–water partition coefficient (Wildman–Crippen LogP) is 3.33. The zero-order valence-electron chi connectivity index (χ0n) is 12.4. The molecule has 0 fully saturated rings. The van der Waals surface area contributed by atoms with Crippen LogP contribution in [0, 0.1) is 3.95 Å². The smallest absolute Gasteiger partial charge is 0.264 e. The van der Waals surface area contributed by atoms with Crippen LogP contribution in [0.4, 0.5) is 5.82 Å². The van der Waals surface area contributed by atoms with E-state index in [1.807, 2.05) is 10.6 Å². The van der Waals surface area contributed by atoms with Crippen LogP contribution in [0.5, 0.6) is 0 Å². The van der Waals surface area contributed by atoms with E-state index >= 15 is 0 Å². The Kier molecular flexibility index (Phi) is 4.80. The highest BCUT2D eigenvalue weighted by Crippen LogP contribution is 2.30. The maximum absolute atomic E-state index is 11.9. The lowest BCUT2D eigenvalue weighted by Crippen LogP contribution is -2.18. The number of hydrogen-bond acceptors (Lipinski definition) is 4. The van der Waals surface area contributed by atoms with Gasteiger partial charge in [0.05, 0.1) is 5.69 Å². The molecule has 112 valence electrons. The van der Waals surface area contributed by atoms with Crippen molar-refractivity contribution < 1.29 is 4.79 Å². The first kappa shape index (κ1) is 15.7. The third kappa shape index (κ3) is 2.73. The summed E-state index contributed by atoms with van der Waals surface area (Å²) < 4.78 is 2.43. The highest BCUT2D eigenvalue weighted by atomic mass is 32.1. The molecule has 2 aromatic rings. The van der Waals surface area contributed by atoms with Crippen LogP contribution in [0.3, 0.4) is 0 Å². The van der Waals surface area contributed by atoms with Crippen molar-refractivity contribution in [2.24, 2.45) is 0 Å². The highest BCUT2D eigenvalue weighted by Gasteiger charge is 2.19. The minimum atomic E-state index is -0.200. The van der Waals surface area contributed by atoms with Gasteiger partial charge in [-0.05, 0) is 36.2 Å². The number of carbonyl (C=O) groups excluding carboxylic acids is 1. The van der Waals surface area contributed by atoms with Gasteiger partial charge in [0.1, 0.15) is 10.7 Å². The summed E-state index contributed by atoms with van der Waals surface area (Å²) in [5.41, 5.74) is 9.59. The van der Waals surface area contributed by atoms with Gasteiger partial charge in [-0.1, -0.05) is 43.4 Å². The lowest BCUT2D eigenvalue weighted by atomic mass is 10.0. The number of nitrogens with zero attached hydrogens (tertiary/aromatic N) is 1. The second-order valence-corrected chi connectivity index (χ2v) is 6.27. The van der Waals surface area contributed by atoms with Crippen molar-refractivity contribution in [1.82, 2.24) is 9.88 Å². The van der Waals surface area contributed by atoms with Crippen LogP contribution in [-0.2, 0) is 12.8 Å². The predicted molar refractivity (Wildman–Crippen MR) is 91.0 cm³/mol. The number of nitrogen functional groups attached to an aromatic ring is 1. The first-order valence-corrected chi connectivity index (χ1v) is 8.12. The van der Waals surface area contributed by atoms with Crippen LogP contribution in [0.15, 0.2) is 18.2 Å². The van der Waals surface area contributed by atoms with Crippen molar-refractivity contribution in [3.05, 3.63) is 38.2 Å². The second-order valence-electron chi connectivity index (χ2n) is 4.63. The Morgan fingerprint density at radius 3 is 2.38 bits per heavy atom. The van der Waals surface area contributed by atoms with Crippen LogP contribution in [-0.4, -0.2) is 17.5 Å². The Bertz CT molecular complexity index is 709. The number of nitrogens with one attached hydrogen (secondary N) is 1. The Labute approximate surface area is 133 Å². The first-order chi connectivity index (χ1) is 10.0. The fourth-order valence-corrected chi connectivity index (χ4v) is 3.66. The van der Waals surface area contributed by atoms with Gasteiger partial charge in [0.25, 0.3) is 5.91 Å². The number of nitrogens with two attached hydrogens (primary N) is 1. The molecule has 1 aromatic heterocycles. The summed E-state index contributed by atoms with van der Waals surface area (Å²) >= 11 is 6.69. The maximum atomic E-state index is 11.9. The van der Waals surface area contributed by atoms with Crippen molar-refractivity contribution in [2.45, 2.75) is 26.7 Å². The molecule has 0 unspecified atom stereocenters. The highest BCUT2D eigenvalue weighted by molar-refractivity contribution is 7.73. The summed E-state index contributed by atoms with van der Waals surface area (Å²) in [4.78, 5) is 12.4. The van der Waals surface area contributed by atoms with Gasteiger partial charge >= 0.3 is 0 Å². The standard InChI is InChI=1S/C15H19N3OS2/c1-4-9-7-6-8-10(5-2)11(9)18-13(16)12(14(19)17-3)21-15(18)20/h6-8H,4-5,16H2,1-3H3,(H,17,19). The molecule has 0 saturated carbocycles. The number of aromatic nitrogens is 1. The third-order valence-electron chi connectivity index (χ3n) is 3.47. The molecule has 1 heterocycles. The summed E-state index contributed by atoms with van der Waals surface area (Å²) in [6, 6.07) is 6.20. The largest absolute Gasteiger partial charge is 0.383 e. The van der Waals surface area contributed by atoms with E-state index in [0.29, 0.717) is 14.6 Å². The lowest BCUT2D eigenvalue weighted by Gasteiger charge is -2.15. The van der Waals surface area contributed by atoms with Gasteiger partial charge in [-0.3, -0.25) is 9.36 Å². The number of thiazole rings is 1. The Balaban J connectivity index is 2.77. The lowest BCUT2D eigenvalue weighted by molar-refractivity contribution is 0.0967. The molecule has 0 aliphatic carbocycles. The normalized spacial score (nSPS) is 10.6. The van der Waals surface area contributed by atoms with E-state index in [1.54, 1.807) is 7.05 Å². The minimum Gasteiger partial charge on any atom is -0.383 e. The third-order valence-corrected chi connectivity index (χ3v) is 4.86. The summed E-state index contributed by atoms with van der Waals surface area (Å²) in [7, 11) is 1.59. The topological polar surface area (TPSA) is 60.0 Å². The average Bonchev–Trinajstić information content (AvgIpc) is 2.80. The quantitative estimate of drug-likeness (QED) is 0.849. The van der Waals surface area contributed by atoms with Crippen LogP contribution < -0.4 is 11.1 Å². The van der Waals surface area contributed by atoms with E-state index in [-0.39, 0.29) is 5.91 Å². The molecule has 0 saturated heterocycles. The zero-order chi connectivity index (χ0) is 15.6. The Morgan fingerprint density at radius 1 is 1.33 bits per heavy atom. The molecule has 4 nitrogen and oxygen atoms in total. The molecule has 1 aromatic carbocycles. The van der Waals surface area contributed by atoms with E-state index < -0.39 is 0 Å². The van der Waals surface area contributed by atoms with Gasteiger partial charge < -0.3 is 11.1 Å². The van der Waals surface area contributed by atoms with Crippen molar-refractivity contribution >= 4 is 35.3 Å². The van der Waals surface area contributed by atoms with Gasteiger partial charge in [0, 0.05) is 7.05 Å². The molecule has 2 rings (SSSR count). The molecule has 6 heteroatoms. The molecular formula is C15H19N3OS2. The van der Waals surface area contributed by atoms with Gasteiger partial charge in [0.2, 0.25) is 0 Å². The summed E-state index contributed by atoms with van der Waals surface area (Å²) in [5.74, 6) is 0.217. The van der Waals surface area contributed by atoms with Crippen molar-refractivity contribution in [3.8, 4) is 5.69 Å². The second kappa shape index (κ2) is 6.41. The molecular weight excluding hydrogens is 302 g/mol. The number of benzene rings is 1. The van der Waals surface area contributed by atoms with E-state index in [9.17, 15) is 4.79 Å². The number of aryl methyl sites for hydroxylation is 2. The van der Waals surface area contributed by atoms with E-state index in [2.05, 4.69) is 31.3 Å². The van der Waals surface area contributed by atoms with Gasteiger partial charge in [-0.2, -0.15) is 0 Å². The molecule has 21 heavy (non-hydrogen) atoms. The first-order valence-electron chi connectivity index (χ1n) is 6.89. The Morgan fingerprint density at radius 2 is 1.90 bits per heavy atom. The van der Waals surface area contributed by atoms with Crippen molar-refractivity contribution in [3.63, 3.8) is 0 Å². The molecule has 0 bridgehead atoms.